The summed E-state index contributed by atoms with van der Waals surface area (Å²) >= 11 is 7.14. The minimum atomic E-state index is -6.00. The van der Waals surface area contributed by atoms with Gasteiger partial charge >= 0.3 is 18.8 Å². The Morgan fingerprint density at radius 3 is 1.42 bits per heavy atom. The summed E-state index contributed by atoms with van der Waals surface area (Å²) in [6.45, 7) is 4.08. The monoisotopic (exact) mass is 564 g/mol. The summed E-state index contributed by atoms with van der Waals surface area (Å²) in [5, 5.41) is 0. The van der Waals surface area contributed by atoms with Gasteiger partial charge in [0.05, 0.1) is 23.2 Å². The van der Waals surface area contributed by atoms with Crippen LogP contribution in [0.4, 0.5) is 17.3 Å². The van der Waals surface area contributed by atoms with Crippen molar-refractivity contribution in [2.45, 2.75) is 13.8 Å². The average Bonchev–Trinajstić information content (AvgIpc) is 2.65. The number of hydrogen-bond acceptors (Lipinski definition) is 2. The van der Waals surface area contributed by atoms with Gasteiger partial charge in [-0.3, -0.25) is 0 Å². The number of hydrogen-bond donors (Lipinski definition) is 0. The lowest BCUT2D eigenvalue weighted by Gasteiger charge is -2.09. The largest absolute Gasteiger partial charge is 0.673 e. The van der Waals surface area contributed by atoms with Gasteiger partial charge in [0, 0.05) is 12.1 Å². The van der Waals surface area contributed by atoms with E-state index in [1.807, 2.05) is 44.2 Å². The van der Waals surface area contributed by atoms with E-state index in [2.05, 4.69) is 44.0 Å². The Morgan fingerprint density at radius 1 is 0.742 bits per heavy atom. The van der Waals surface area contributed by atoms with Crippen molar-refractivity contribution in [1.29, 1.82) is 0 Å². The number of benzene rings is 2. The Kier molecular flexibility index (Phi) is 8.53. The molecule has 2 aromatic carbocycles. The normalized spacial score (nSPS) is 10.9. The van der Waals surface area contributed by atoms with Crippen molar-refractivity contribution in [2.24, 2.45) is 0 Å². The molecule has 0 fully saturated rings. The lowest BCUT2D eigenvalue weighted by molar-refractivity contribution is 0.368. The maximum atomic E-state index is 9.75. The minimum Gasteiger partial charge on any atom is -0.495 e. The first kappa shape index (κ1) is 25.2. The summed E-state index contributed by atoms with van der Waals surface area (Å²) in [5.41, 5.74) is 4.02. The van der Waals surface area contributed by atoms with E-state index in [9.17, 15) is 17.3 Å². The molecule has 0 bridgehead atoms. The van der Waals surface area contributed by atoms with E-state index >= 15 is 0 Å². The Hall–Kier alpha value is -2.07. The van der Waals surface area contributed by atoms with Crippen molar-refractivity contribution < 1.29 is 31.2 Å². The van der Waals surface area contributed by atoms with Gasteiger partial charge in [-0.25, -0.2) is 4.42 Å². The quantitative estimate of drug-likeness (QED) is 0.181. The molecule has 3 rings (SSSR count). The van der Waals surface area contributed by atoms with Crippen LogP contribution in [0.1, 0.15) is 11.1 Å². The van der Waals surface area contributed by atoms with Gasteiger partial charge in [0.2, 0.25) is 0 Å². The van der Waals surface area contributed by atoms with Gasteiger partial charge in [0.1, 0.15) is 22.6 Å². The van der Waals surface area contributed by atoms with Crippen LogP contribution >= 0.6 is 31.9 Å². The molecule has 0 amide bonds. The van der Waals surface area contributed by atoms with Crippen LogP contribution in [0.25, 0.3) is 22.6 Å². The van der Waals surface area contributed by atoms with Crippen LogP contribution in [0.5, 0.6) is 11.5 Å². The lowest BCUT2D eigenvalue weighted by Crippen LogP contribution is -2.02. The molecule has 31 heavy (non-hydrogen) atoms. The second-order valence-corrected chi connectivity index (χ2v) is 8.21. The molecule has 0 aliphatic carbocycles. The highest BCUT2D eigenvalue weighted by atomic mass is 79.9. The number of methoxy groups -OCH3 is 2. The van der Waals surface area contributed by atoms with E-state index < -0.39 is 7.25 Å². The minimum absolute atomic E-state index is 0.725. The fourth-order valence-corrected chi connectivity index (χ4v) is 4.41. The Balaban J connectivity index is 0.000000614. The van der Waals surface area contributed by atoms with Crippen LogP contribution in [0.2, 0.25) is 0 Å². The molecule has 0 aliphatic heterocycles. The summed E-state index contributed by atoms with van der Waals surface area (Å²) in [6, 6.07) is 14.0. The first-order valence-electron chi connectivity index (χ1n) is 8.94. The smallest absolute Gasteiger partial charge is 0.495 e. The van der Waals surface area contributed by atoms with Gasteiger partial charge in [0.25, 0.3) is 0 Å². The maximum Gasteiger partial charge on any atom is 0.673 e. The van der Waals surface area contributed by atoms with E-state index in [0.29, 0.717) is 0 Å². The van der Waals surface area contributed by atoms with Crippen molar-refractivity contribution in [1.82, 2.24) is 0 Å². The zero-order chi connectivity index (χ0) is 23.3. The van der Waals surface area contributed by atoms with Crippen molar-refractivity contribution >= 4 is 39.1 Å². The van der Waals surface area contributed by atoms with Crippen molar-refractivity contribution in [2.75, 3.05) is 14.2 Å². The molecule has 0 radical (unpaired) electrons. The third-order valence-electron chi connectivity index (χ3n) is 4.03. The van der Waals surface area contributed by atoms with Crippen LogP contribution in [-0.4, -0.2) is 21.5 Å². The van der Waals surface area contributed by atoms with E-state index in [-0.39, 0.29) is 0 Å². The molecule has 1 aromatic heterocycles. The second kappa shape index (κ2) is 10.5. The predicted octanol–water partition coefficient (Wildman–Crippen LogP) is 8.35. The highest BCUT2D eigenvalue weighted by Crippen LogP contribution is 2.41. The van der Waals surface area contributed by atoms with Crippen LogP contribution in [-0.2, 0) is 0 Å². The summed E-state index contributed by atoms with van der Waals surface area (Å²) in [6.07, 6.45) is 0. The lowest BCUT2D eigenvalue weighted by atomic mass is 10.1. The van der Waals surface area contributed by atoms with E-state index in [1.54, 1.807) is 14.2 Å². The molecule has 0 spiro atoms. The fourth-order valence-electron chi connectivity index (χ4n) is 2.94. The van der Waals surface area contributed by atoms with Crippen molar-refractivity contribution in [3.8, 4) is 34.1 Å². The van der Waals surface area contributed by atoms with Gasteiger partial charge in [-0.2, -0.15) is 0 Å². The van der Waals surface area contributed by atoms with Crippen LogP contribution in [0, 0.1) is 13.8 Å². The molecule has 3 nitrogen and oxygen atoms in total. The molecule has 10 heteroatoms. The summed E-state index contributed by atoms with van der Waals surface area (Å²) in [4.78, 5) is 0. The van der Waals surface area contributed by atoms with Gasteiger partial charge in [0.15, 0.2) is 0 Å². The van der Waals surface area contributed by atoms with E-state index in [1.165, 1.54) is 0 Å². The zero-order valence-electron chi connectivity index (χ0n) is 17.1. The number of ether oxygens (including phenoxy) is 2. The van der Waals surface area contributed by atoms with Gasteiger partial charge in [-0.05, 0) is 87.2 Å². The number of rotatable bonds is 4. The fraction of sp³-hybridized carbons (Fsp3) is 0.190. The SMILES string of the molecule is COc1c(Br)cc(C)cc1-c1cccc(-c2cc(C)cc(Br)c2OC)[o+]1.F[B-](F)(F)F. The van der Waals surface area contributed by atoms with Gasteiger partial charge < -0.3 is 26.7 Å². The molecular weight excluding hydrogens is 547 g/mol. The summed E-state index contributed by atoms with van der Waals surface area (Å²) in [5.74, 6) is 2.94. The van der Waals surface area contributed by atoms with Gasteiger partial charge in [-0.15, -0.1) is 0 Å². The Labute approximate surface area is 194 Å². The molecule has 1 heterocycles. The van der Waals surface area contributed by atoms with Crippen LogP contribution in [0.15, 0.2) is 55.8 Å². The van der Waals surface area contributed by atoms with E-state index in [0.717, 1.165) is 54.2 Å². The van der Waals surface area contributed by atoms with Crippen LogP contribution in [0.3, 0.4) is 0 Å². The maximum absolute atomic E-state index is 9.75. The first-order valence-corrected chi connectivity index (χ1v) is 10.5. The van der Waals surface area contributed by atoms with Crippen molar-refractivity contribution in [3.63, 3.8) is 0 Å². The predicted molar refractivity (Wildman–Crippen MR) is 122 cm³/mol. The first-order chi connectivity index (χ1) is 14.4. The molecule has 3 aromatic rings. The number of halogens is 6. The highest BCUT2D eigenvalue weighted by molar-refractivity contribution is 9.11. The molecule has 0 saturated heterocycles. The third-order valence-corrected chi connectivity index (χ3v) is 5.21. The van der Waals surface area contributed by atoms with E-state index in [4.69, 9.17) is 13.9 Å². The second-order valence-electron chi connectivity index (χ2n) is 6.51. The highest BCUT2D eigenvalue weighted by Gasteiger charge is 2.25. The van der Waals surface area contributed by atoms with Crippen LogP contribution < -0.4 is 9.47 Å². The molecular formula is C21H19BBr2F4O3. The average molecular weight is 566 g/mol. The van der Waals surface area contributed by atoms with Crippen molar-refractivity contribution in [3.05, 3.63) is 62.5 Å². The summed E-state index contributed by atoms with van der Waals surface area (Å²) < 4.78 is 58.2. The molecule has 166 valence electrons. The molecule has 0 aliphatic rings. The summed E-state index contributed by atoms with van der Waals surface area (Å²) in [7, 11) is -2.69. The molecule has 0 saturated carbocycles. The Bertz CT molecular complexity index is 994. The third kappa shape index (κ3) is 6.97. The standard InChI is InChI=1S/C21H19Br2O3.BF4/c1-12-8-14(20(24-3)16(22)10-12)18-6-5-7-19(26-18)15-9-13(2)11-17(23)21(15)25-4;2-1(3,4)5/h5-11H,1-4H3;/q+1;-1. The van der Waals surface area contributed by atoms with Gasteiger partial charge in [-0.1, -0.05) is 0 Å². The molecule has 0 N–H and O–H groups in total. The number of aryl methyl sites for hydroxylation is 2. The zero-order valence-corrected chi connectivity index (χ0v) is 20.3. The topological polar surface area (TPSA) is 29.8 Å². The molecule has 0 atom stereocenters. The Morgan fingerprint density at radius 2 is 1.10 bits per heavy atom. The molecule has 0 unspecified atom stereocenters.